The van der Waals surface area contributed by atoms with Crippen LogP contribution < -0.4 is 5.32 Å². The van der Waals surface area contributed by atoms with Crippen LogP contribution >= 0.6 is 0 Å². The number of hydrogen-bond donors (Lipinski definition) is 1. The SMILES string of the molecule is CC1CN(Cc2cccc(CNc3ccc([N+](=O)[O-])cc3S(C)(=O)=O)c2)CCO1. The lowest BCUT2D eigenvalue weighted by Gasteiger charge is -2.31. The first-order valence-electron chi connectivity index (χ1n) is 9.36. The largest absolute Gasteiger partial charge is 0.380 e. The molecular weight excluding hydrogens is 394 g/mol. The number of sulfone groups is 1. The smallest absolute Gasteiger partial charge is 0.270 e. The standard InChI is InChI=1S/C20H25N3O5S/c1-15-13-22(8-9-28-15)14-17-5-3-4-16(10-17)12-21-19-7-6-18(23(24)25)11-20(19)29(2,26)27/h3-7,10-11,15,21H,8-9,12-14H2,1-2H3. The van der Waals surface area contributed by atoms with Gasteiger partial charge in [-0.25, -0.2) is 8.42 Å². The molecule has 1 aliphatic rings. The topological polar surface area (TPSA) is 102 Å². The highest BCUT2D eigenvalue weighted by Crippen LogP contribution is 2.27. The van der Waals surface area contributed by atoms with E-state index in [4.69, 9.17) is 4.74 Å². The summed E-state index contributed by atoms with van der Waals surface area (Å²) in [5, 5.41) is 14.1. The van der Waals surface area contributed by atoms with E-state index in [-0.39, 0.29) is 16.7 Å². The van der Waals surface area contributed by atoms with Gasteiger partial charge in [-0.3, -0.25) is 15.0 Å². The van der Waals surface area contributed by atoms with E-state index in [0.29, 0.717) is 12.2 Å². The number of nitro benzene ring substituents is 1. The van der Waals surface area contributed by atoms with Crippen molar-refractivity contribution in [2.45, 2.75) is 31.0 Å². The van der Waals surface area contributed by atoms with E-state index >= 15 is 0 Å². The van der Waals surface area contributed by atoms with Crippen LogP contribution in [0.5, 0.6) is 0 Å². The van der Waals surface area contributed by atoms with Gasteiger partial charge in [0.15, 0.2) is 9.84 Å². The third kappa shape index (κ3) is 5.75. The Labute approximate surface area is 170 Å². The average molecular weight is 420 g/mol. The third-order valence-corrected chi connectivity index (χ3v) is 5.92. The second kappa shape index (κ2) is 8.89. The molecule has 3 rings (SSSR count). The molecule has 9 heteroatoms. The minimum absolute atomic E-state index is 0.0786. The van der Waals surface area contributed by atoms with Crippen molar-refractivity contribution in [3.8, 4) is 0 Å². The highest BCUT2D eigenvalue weighted by Gasteiger charge is 2.19. The number of anilines is 1. The summed E-state index contributed by atoms with van der Waals surface area (Å²) < 4.78 is 29.7. The minimum atomic E-state index is -3.61. The number of ether oxygens (including phenoxy) is 1. The first-order valence-corrected chi connectivity index (χ1v) is 11.3. The molecule has 1 heterocycles. The van der Waals surface area contributed by atoms with Crippen LogP contribution in [0.2, 0.25) is 0 Å². The maximum Gasteiger partial charge on any atom is 0.270 e. The summed E-state index contributed by atoms with van der Waals surface area (Å²) in [4.78, 5) is 12.6. The second-order valence-corrected chi connectivity index (χ2v) is 9.28. The maximum absolute atomic E-state index is 12.1. The third-order valence-electron chi connectivity index (χ3n) is 4.78. The summed E-state index contributed by atoms with van der Waals surface area (Å²) in [6, 6.07) is 11.9. The minimum Gasteiger partial charge on any atom is -0.380 e. The zero-order chi connectivity index (χ0) is 21.0. The molecule has 1 atom stereocenters. The number of hydrogen-bond acceptors (Lipinski definition) is 7. The molecule has 0 aliphatic carbocycles. The van der Waals surface area contributed by atoms with Gasteiger partial charge in [-0.1, -0.05) is 24.3 Å². The molecular formula is C20H25N3O5S. The quantitative estimate of drug-likeness (QED) is 0.544. The van der Waals surface area contributed by atoms with Crippen LogP contribution in [0.1, 0.15) is 18.1 Å². The Morgan fingerprint density at radius 1 is 1.24 bits per heavy atom. The van der Waals surface area contributed by atoms with Crippen LogP contribution in [0.15, 0.2) is 47.4 Å². The van der Waals surface area contributed by atoms with E-state index in [1.807, 2.05) is 12.1 Å². The van der Waals surface area contributed by atoms with Crippen LogP contribution in [-0.2, 0) is 27.7 Å². The van der Waals surface area contributed by atoms with Crippen molar-refractivity contribution in [3.63, 3.8) is 0 Å². The van der Waals surface area contributed by atoms with E-state index in [1.54, 1.807) is 0 Å². The lowest BCUT2D eigenvalue weighted by molar-refractivity contribution is -0.385. The molecule has 2 aromatic carbocycles. The average Bonchev–Trinajstić information content (AvgIpc) is 2.66. The van der Waals surface area contributed by atoms with Crippen LogP contribution in [0, 0.1) is 10.1 Å². The van der Waals surface area contributed by atoms with Gasteiger partial charge in [0.25, 0.3) is 5.69 Å². The summed E-state index contributed by atoms with van der Waals surface area (Å²) in [6.07, 6.45) is 1.27. The molecule has 0 spiro atoms. The van der Waals surface area contributed by atoms with Crippen molar-refractivity contribution in [2.75, 3.05) is 31.3 Å². The van der Waals surface area contributed by atoms with Crippen LogP contribution in [0.3, 0.4) is 0 Å². The van der Waals surface area contributed by atoms with Crippen molar-refractivity contribution in [3.05, 3.63) is 63.7 Å². The number of benzene rings is 2. The molecule has 0 radical (unpaired) electrons. The monoisotopic (exact) mass is 419 g/mol. The van der Waals surface area contributed by atoms with Crippen molar-refractivity contribution in [1.82, 2.24) is 4.90 Å². The lowest BCUT2D eigenvalue weighted by Crippen LogP contribution is -2.40. The van der Waals surface area contributed by atoms with E-state index in [2.05, 4.69) is 29.3 Å². The van der Waals surface area contributed by atoms with Crippen LogP contribution in [0.4, 0.5) is 11.4 Å². The number of non-ortho nitro benzene ring substituents is 1. The molecule has 0 aromatic heterocycles. The van der Waals surface area contributed by atoms with Crippen molar-refractivity contribution in [1.29, 1.82) is 0 Å². The highest BCUT2D eigenvalue weighted by molar-refractivity contribution is 7.90. The Balaban J connectivity index is 1.72. The number of morpholine rings is 1. The summed E-state index contributed by atoms with van der Waals surface area (Å²) in [5.74, 6) is 0. The van der Waals surface area contributed by atoms with Crippen LogP contribution in [0.25, 0.3) is 0 Å². The molecule has 1 unspecified atom stereocenters. The zero-order valence-electron chi connectivity index (χ0n) is 16.5. The first kappa shape index (κ1) is 21.2. The summed E-state index contributed by atoms with van der Waals surface area (Å²) in [7, 11) is -3.61. The Hall–Kier alpha value is -2.49. The fourth-order valence-corrected chi connectivity index (χ4v) is 4.28. The molecule has 0 saturated carbocycles. The number of nitro groups is 1. The fourth-order valence-electron chi connectivity index (χ4n) is 3.41. The predicted molar refractivity (Wildman–Crippen MR) is 111 cm³/mol. The number of rotatable bonds is 7. The van der Waals surface area contributed by atoms with E-state index in [9.17, 15) is 18.5 Å². The lowest BCUT2D eigenvalue weighted by atomic mass is 10.1. The highest BCUT2D eigenvalue weighted by atomic mass is 32.2. The maximum atomic E-state index is 12.1. The van der Waals surface area contributed by atoms with E-state index < -0.39 is 14.8 Å². The van der Waals surface area contributed by atoms with Gasteiger partial charge in [0.1, 0.15) is 0 Å². The second-order valence-electron chi connectivity index (χ2n) is 7.30. The molecule has 0 bridgehead atoms. The Kier molecular flexibility index (Phi) is 6.51. The van der Waals surface area contributed by atoms with Gasteiger partial charge in [-0.2, -0.15) is 0 Å². The molecule has 0 amide bonds. The van der Waals surface area contributed by atoms with Gasteiger partial charge in [0, 0.05) is 44.6 Å². The summed E-state index contributed by atoms with van der Waals surface area (Å²) in [5.41, 5.74) is 2.27. The van der Waals surface area contributed by atoms with Gasteiger partial charge in [-0.15, -0.1) is 0 Å². The summed E-state index contributed by atoms with van der Waals surface area (Å²) in [6.45, 7) is 5.82. The molecule has 2 aromatic rings. The van der Waals surface area contributed by atoms with Gasteiger partial charge < -0.3 is 10.1 Å². The molecule has 29 heavy (non-hydrogen) atoms. The molecule has 1 aliphatic heterocycles. The van der Waals surface area contributed by atoms with Gasteiger partial charge in [0.2, 0.25) is 0 Å². The van der Waals surface area contributed by atoms with E-state index in [1.165, 1.54) is 17.7 Å². The normalized spacial score (nSPS) is 17.8. The van der Waals surface area contributed by atoms with Gasteiger partial charge in [0.05, 0.1) is 28.2 Å². The molecule has 8 nitrogen and oxygen atoms in total. The van der Waals surface area contributed by atoms with Crippen molar-refractivity contribution < 1.29 is 18.1 Å². The van der Waals surface area contributed by atoms with Crippen molar-refractivity contribution in [2.24, 2.45) is 0 Å². The Bertz CT molecular complexity index is 993. The van der Waals surface area contributed by atoms with Crippen LogP contribution in [-0.4, -0.2) is 50.3 Å². The predicted octanol–water partition coefficient (Wildman–Crippen LogP) is 2.83. The zero-order valence-corrected chi connectivity index (χ0v) is 17.3. The molecule has 1 fully saturated rings. The van der Waals surface area contributed by atoms with E-state index in [0.717, 1.165) is 44.1 Å². The number of nitrogens with one attached hydrogen (secondary N) is 1. The van der Waals surface area contributed by atoms with Gasteiger partial charge in [-0.05, 0) is 24.1 Å². The van der Waals surface area contributed by atoms with Gasteiger partial charge >= 0.3 is 0 Å². The Morgan fingerprint density at radius 3 is 2.69 bits per heavy atom. The molecule has 1 N–H and O–H groups in total. The fraction of sp³-hybridized carbons (Fsp3) is 0.400. The molecule has 1 saturated heterocycles. The molecule has 156 valence electrons. The van der Waals surface area contributed by atoms with Crippen molar-refractivity contribution >= 4 is 21.2 Å². The number of nitrogens with zero attached hydrogens (tertiary/aromatic N) is 2. The Morgan fingerprint density at radius 2 is 2.00 bits per heavy atom. The first-order chi connectivity index (χ1) is 13.7. The summed E-state index contributed by atoms with van der Waals surface area (Å²) >= 11 is 0.